The minimum absolute atomic E-state index is 0.0710. The summed E-state index contributed by atoms with van der Waals surface area (Å²) in [5, 5.41) is -0.167. The van der Waals surface area contributed by atoms with Crippen LogP contribution in [0.5, 0.6) is 0 Å². The number of hydrogen-bond donors (Lipinski definition) is 0. The van der Waals surface area contributed by atoms with Crippen molar-refractivity contribution in [1.82, 2.24) is 0 Å². The molecule has 2 heteroatoms. The zero-order chi connectivity index (χ0) is 8.86. The highest BCUT2D eigenvalue weighted by molar-refractivity contribution is 6.64. The third-order valence-electron chi connectivity index (χ3n) is 3.71. The van der Waals surface area contributed by atoms with Crippen LogP contribution in [0.2, 0.25) is 0 Å². The van der Waals surface area contributed by atoms with Gasteiger partial charge in [0.1, 0.15) is 0 Å². The van der Waals surface area contributed by atoms with E-state index in [4.69, 9.17) is 11.6 Å². The van der Waals surface area contributed by atoms with Crippen molar-refractivity contribution in [3.05, 3.63) is 0 Å². The molecule has 1 nitrogen and oxygen atoms in total. The maximum absolute atomic E-state index is 11.0. The van der Waals surface area contributed by atoms with Crippen LogP contribution in [0.3, 0.4) is 0 Å². The summed E-state index contributed by atoms with van der Waals surface area (Å²) >= 11 is 5.48. The Morgan fingerprint density at radius 2 is 1.91 bits per heavy atom. The monoisotopic (exact) mass is 174 g/mol. The molecule has 1 saturated carbocycles. The molecule has 0 radical (unpaired) electrons. The van der Waals surface area contributed by atoms with E-state index < -0.39 is 0 Å². The van der Waals surface area contributed by atoms with Crippen molar-refractivity contribution in [1.29, 1.82) is 0 Å². The molecule has 1 aliphatic carbocycles. The summed E-state index contributed by atoms with van der Waals surface area (Å²) in [5.74, 6) is 0.0710. The topological polar surface area (TPSA) is 17.1 Å². The molecule has 0 heterocycles. The molecule has 0 bridgehead atoms. The summed E-state index contributed by atoms with van der Waals surface area (Å²) in [7, 11) is 0. The predicted octanol–water partition coefficient (Wildman–Crippen LogP) is 2.82. The summed E-state index contributed by atoms with van der Waals surface area (Å²) < 4.78 is 0. The van der Waals surface area contributed by atoms with Gasteiger partial charge in [0.25, 0.3) is 0 Å². The maximum Gasteiger partial charge on any atom is 0.225 e. The lowest BCUT2D eigenvalue weighted by atomic mass is 9.96. The van der Waals surface area contributed by atoms with E-state index in [0.29, 0.717) is 0 Å². The number of hydrogen-bond acceptors (Lipinski definition) is 1. The molecule has 2 unspecified atom stereocenters. The Bertz CT molecular complexity index is 198. The van der Waals surface area contributed by atoms with Crippen molar-refractivity contribution in [2.45, 2.75) is 34.1 Å². The van der Waals surface area contributed by atoms with Gasteiger partial charge in [-0.15, -0.1) is 0 Å². The molecular weight excluding hydrogens is 160 g/mol. The van der Waals surface area contributed by atoms with Crippen molar-refractivity contribution in [3.8, 4) is 0 Å². The highest BCUT2D eigenvalue weighted by atomic mass is 35.5. The molecule has 64 valence electrons. The molecule has 1 rings (SSSR count). The molecular formula is C9H15ClO. The van der Waals surface area contributed by atoms with Gasteiger partial charge in [0.15, 0.2) is 0 Å². The van der Waals surface area contributed by atoms with Crippen LogP contribution in [-0.4, -0.2) is 5.24 Å². The summed E-state index contributed by atoms with van der Waals surface area (Å²) in [6, 6.07) is 0. The SMILES string of the molecule is CCC1(C)C(C(=O)Cl)C1(C)C. The molecule has 0 aliphatic heterocycles. The number of halogens is 1. The van der Waals surface area contributed by atoms with E-state index in [1.165, 1.54) is 0 Å². The average Bonchev–Trinajstić information content (AvgIpc) is 2.29. The lowest BCUT2D eigenvalue weighted by molar-refractivity contribution is -0.113. The Balaban J connectivity index is 2.83. The molecule has 0 aromatic rings. The maximum atomic E-state index is 11.0. The van der Waals surface area contributed by atoms with Crippen molar-refractivity contribution in [3.63, 3.8) is 0 Å². The number of rotatable bonds is 2. The Labute approximate surface area is 73.1 Å². The van der Waals surface area contributed by atoms with Crippen LogP contribution in [0, 0.1) is 16.7 Å². The Morgan fingerprint density at radius 3 is 2.00 bits per heavy atom. The molecule has 1 aliphatic rings. The minimum Gasteiger partial charge on any atom is -0.281 e. The van der Waals surface area contributed by atoms with Crippen molar-refractivity contribution < 1.29 is 4.79 Å². The van der Waals surface area contributed by atoms with Gasteiger partial charge in [0, 0.05) is 5.92 Å². The molecule has 0 aromatic heterocycles. The second-order valence-corrected chi connectivity index (χ2v) is 4.60. The largest absolute Gasteiger partial charge is 0.281 e. The fourth-order valence-electron chi connectivity index (χ4n) is 2.26. The summed E-state index contributed by atoms with van der Waals surface area (Å²) in [5.41, 5.74) is 0.256. The van der Waals surface area contributed by atoms with E-state index in [-0.39, 0.29) is 22.0 Å². The van der Waals surface area contributed by atoms with E-state index in [9.17, 15) is 4.79 Å². The minimum atomic E-state index is -0.167. The highest BCUT2D eigenvalue weighted by Gasteiger charge is 2.69. The molecule has 0 amide bonds. The molecule has 0 aromatic carbocycles. The molecule has 11 heavy (non-hydrogen) atoms. The van der Waals surface area contributed by atoms with Gasteiger partial charge >= 0.3 is 0 Å². The van der Waals surface area contributed by atoms with Crippen LogP contribution in [0.25, 0.3) is 0 Å². The summed E-state index contributed by atoms with van der Waals surface area (Å²) in [4.78, 5) is 11.0. The fourth-order valence-corrected chi connectivity index (χ4v) is 2.78. The second kappa shape index (κ2) is 2.22. The third kappa shape index (κ3) is 0.936. The van der Waals surface area contributed by atoms with Crippen molar-refractivity contribution in [2.75, 3.05) is 0 Å². The lowest BCUT2D eigenvalue weighted by Crippen LogP contribution is -2.01. The average molecular weight is 175 g/mol. The van der Waals surface area contributed by atoms with Gasteiger partial charge in [-0.05, 0) is 28.9 Å². The first kappa shape index (κ1) is 9.05. The van der Waals surface area contributed by atoms with Crippen LogP contribution in [-0.2, 0) is 4.79 Å². The Kier molecular flexibility index (Phi) is 1.83. The molecule has 0 saturated heterocycles. The Morgan fingerprint density at radius 1 is 1.45 bits per heavy atom. The highest BCUT2D eigenvalue weighted by Crippen LogP contribution is 2.70. The Hall–Kier alpha value is -0.0400. The van der Waals surface area contributed by atoms with Crippen molar-refractivity contribution >= 4 is 16.8 Å². The number of carbonyl (C=O) groups excluding carboxylic acids is 1. The summed E-state index contributed by atoms with van der Waals surface area (Å²) in [6.07, 6.45) is 1.03. The first-order chi connectivity index (χ1) is 4.88. The third-order valence-corrected chi connectivity index (χ3v) is 3.93. The number of carbonyl (C=O) groups is 1. The zero-order valence-electron chi connectivity index (χ0n) is 7.57. The van der Waals surface area contributed by atoms with Crippen LogP contribution in [0.1, 0.15) is 34.1 Å². The van der Waals surface area contributed by atoms with Gasteiger partial charge in [-0.2, -0.15) is 0 Å². The van der Waals surface area contributed by atoms with Crippen LogP contribution in [0.15, 0.2) is 0 Å². The fraction of sp³-hybridized carbons (Fsp3) is 0.889. The van der Waals surface area contributed by atoms with Crippen LogP contribution < -0.4 is 0 Å². The van der Waals surface area contributed by atoms with Gasteiger partial charge in [-0.1, -0.05) is 27.7 Å². The molecule has 0 spiro atoms. The second-order valence-electron chi connectivity index (χ2n) is 4.23. The van der Waals surface area contributed by atoms with E-state index >= 15 is 0 Å². The quantitative estimate of drug-likeness (QED) is 0.589. The first-order valence-corrected chi connectivity index (χ1v) is 4.45. The summed E-state index contributed by atoms with van der Waals surface area (Å²) in [6.45, 7) is 8.47. The van der Waals surface area contributed by atoms with Crippen LogP contribution >= 0.6 is 11.6 Å². The smallest absolute Gasteiger partial charge is 0.225 e. The van der Waals surface area contributed by atoms with Gasteiger partial charge in [-0.25, -0.2) is 0 Å². The first-order valence-electron chi connectivity index (χ1n) is 4.07. The van der Waals surface area contributed by atoms with E-state index in [1.807, 2.05) is 0 Å². The van der Waals surface area contributed by atoms with Gasteiger partial charge in [0.05, 0.1) is 0 Å². The van der Waals surface area contributed by atoms with E-state index in [0.717, 1.165) is 6.42 Å². The van der Waals surface area contributed by atoms with E-state index in [1.54, 1.807) is 0 Å². The van der Waals surface area contributed by atoms with Crippen LogP contribution in [0.4, 0.5) is 0 Å². The molecule has 0 N–H and O–H groups in total. The van der Waals surface area contributed by atoms with Gasteiger partial charge < -0.3 is 0 Å². The molecule has 2 atom stereocenters. The standard InChI is InChI=1S/C9H15ClO/c1-5-9(4)6(7(10)11)8(9,2)3/h6H,5H2,1-4H3. The van der Waals surface area contributed by atoms with Gasteiger partial charge in [0.2, 0.25) is 5.24 Å². The zero-order valence-corrected chi connectivity index (χ0v) is 8.33. The van der Waals surface area contributed by atoms with Gasteiger partial charge in [-0.3, -0.25) is 4.79 Å². The normalized spacial score (nSPS) is 40.3. The lowest BCUT2D eigenvalue weighted by Gasteiger charge is -2.09. The van der Waals surface area contributed by atoms with Crippen molar-refractivity contribution in [2.24, 2.45) is 16.7 Å². The molecule has 1 fully saturated rings. The predicted molar refractivity (Wildman–Crippen MR) is 46.5 cm³/mol. The van der Waals surface area contributed by atoms with E-state index in [2.05, 4.69) is 27.7 Å².